The maximum absolute atomic E-state index is 11.4. The molecule has 2 N–H and O–H groups in total. The van der Waals surface area contributed by atoms with E-state index in [0.29, 0.717) is 25.3 Å². The van der Waals surface area contributed by atoms with Crippen LogP contribution < -0.4 is 11.2 Å². The smallest absolute Gasteiger partial charge is 0.325 e. The number of H-pyrrole nitrogens is 2. The van der Waals surface area contributed by atoms with E-state index < -0.39 is 11.2 Å². The molecule has 0 atom stereocenters. The molecule has 0 bridgehead atoms. The molecule has 0 saturated carbocycles. The average molecular weight is 317 g/mol. The highest BCUT2D eigenvalue weighted by Crippen LogP contribution is 2.14. The summed E-state index contributed by atoms with van der Waals surface area (Å²) in [6.07, 6.45) is 1.63. The van der Waals surface area contributed by atoms with Crippen LogP contribution in [0, 0.1) is 0 Å². The maximum atomic E-state index is 11.4. The van der Waals surface area contributed by atoms with Crippen LogP contribution in [0.5, 0.6) is 0 Å². The van der Waals surface area contributed by atoms with Crippen molar-refractivity contribution >= 4 is 11.3 Å². The summed E-state index contributed by atoms with van der Waals surface area (Å²) in [5.74, 6) is 0.836. The molecular formula is C15H15N3O3S. The minimum atomic E-state index is -0.490. The quantitative estimate of drug-likeness (QED) is 0.728. The van der Waals surface area contributed by atoms with Crippen LogP contribution in [-0.4, -0.2) is 14.9 Å². The SMILES string of the molecule is O=c1cc(CN(Cc2ccsc2)Cc2ccco2)[nH]c(=O)[nH]1. The van der Waals surface area contributed by atoms with Crippen LogP contribution in [0.15, 0.2) is 55.3 Å². The van der Waals surface area contributed by atoms with Crippen LogP contribution in [0.2, 0.25) is 0 Å². The van der Waals surface area contributed by atoms with Gasteiger partial charge in [-0.2, -0.15) is 11.3 Å². The van der Waals surface area contributed by atoms with Gasteiger partial charge in [-0.1, -0.05) is 0 Å². The molecule has 0 aliphatic carbocycles. The first-order valence-corrected chi connectivity index (χ1v) is 7.72. The number of nitrogens with zero attached hydrogens (tertiary/aromatic N) is 1. The number of nitrogens with one attached hydrogen (secondary N) is 2. The third kappa shape index (κ3) is 3.84. The lowest BCUT2D eigenvalue weighted by molar-refractivity contribution is 0.224. The highest BCUT2D eigenvalue weighted by molar-refractivity contribution is 7.07. The van der Waals surface area contributed by atoms with Gasteiger partial charge in [0.25, 0.3) is 5.56 Å². The Kier molecular flexibility index (Phi) is 4.36. The topological polar surface area (TPSA) is 82.1 Å². The predicted molar refractivity (Wildman–Crippen MR) is 83.7 cm³/mol. The van der Waals surface area contributed by atoms with Crippen LogP contribution in [0.3, 0.4) is 0 Å². The Morgan fingerprint density at radius 2 is 2.05 bits per heavy atom. The number of rotatable bonds is 6. The first kappa shape index (κ1) is 14.6. The Bertz CT molecular complexity index is 754. The second kappa shape index (κ2) is 6.59. The van der Waals surface area contributed by atoms with Crippen molar-refractivity contribution in [2.24, 2.45) is 0 Å². The zero-order valence-corrected chi connectivity index (χ0v) is 12.6. The van der Waals surface area contributed by atoms with Crippen molar-refractivity contribution in [2.75, 3.05) is 0 Å². The molecule has 22 heavy (non-hydrogen) atoms. The number of aromatic amines is 2. The number of hydrogen-bond donors (Lipinski definition) is 2. The summed E-state index contributed by atoms with van der Waals surface area (Å²) in [5.41, 5.74) is 0.877. The Morgan fingerprint density at radius 3 is 2.73 bits per heavy atom. The van der Waals surface area contributed by atoms with Crippen molar-refractivity contribution in [3.05, 3.63) is 79.1 Å². The third-order valence-corrected chi connectivity index (χ3v) is 3.89. The number of thiophene rings is 1. The predicted octanol–water partition coefficient (Wildman–Crippen LogP) is 1.92. The van der Waals surface area contributed by atoms with Gasteiger partial charge in [-0.25, -0.2) is 4.79 Å². The number of furan rings is 1. The van der Waals surface area contributed by atoms with E-state index in [9.17, 15) is 9.59 Å². The van der Waals surface area contributed by atoms with E-state index in [4.69, 9.17) is 4.42 Å². The minimum absolute atomic E-state index is 0.396. The molecule has 3 aromatic rings. The Labute approximate surface area is 130 Å². The van der Waals surface area contributed by atoms with Gasteiger partial charge in [-0.15, -0.1) is 0 Å². The van der Waals surface area contributed by atoms with E-state index in [2.05, 4.69) is 26.3 Å². The van der Waals surface area contributed by atoms with Crippen LogP contribution >= 0.6 is 11.3 Å². The van der Waals surface area contributed by atoms with Gasteiger partial charge in [0.05, 0.1) is 12.8 Å². The normalized spacial score (nSPS) is 11.1. The molecule has 6 nitrogen and oxygen atoms in total. The second-order valence-electron chi connectivity index (χ2n) is 4.97. The van der Waals surface area contributed by atoms with E-state index >= 15 is 0 Å². The van der Waals surface area contributed by atoms with Crippen molar-refractivity contribution in [3.8, 4) is 0 Å². The molecule has 0 saturated heterocycles. The molecular weight excluding hydrogens is 302 g/mol. The summed E-state index contributed by atoms with van der Waals surface area (Å²) < 4.78 is 5.39. The zero-order valence-electron chi connectivity index (χ0n) is 11.7. The van der Waals surface area contributed by atoms with E-state index in [0.717, 1.165) is 5.76 Å². The largest absolute Gasteiger partial charge is 0.468 e. The van der Waals surface area contributed by atoms with Gasteiger partial charge in [0.15, 0.2) is 0 Å². The van der Waals surface area contributed by atoms with Crippen LogP contribution in [0.1, 0.15) is 17.0 Å². The van der Waals surface area contributed by atoms with E-state index in [-0.39, 0.29) is 0 Å². The lowest BCUT2D eigenvalue weighted by Crippen LogP contribution is -2.28. The van der Waals surface area contributed by atoms with Crippen molar-refractivity contribution in [1.82, 2.24) is 14.9 Å². The maximum Gasteiger partial charge on any atom is 0.325 e. The van der Waals surface area contributed by atoms with Gasteiger partial charge >= 0.3 is 5.69 Å². The summed E-state index contributed by atoms with van der Waals surface area (Å²) >= 11 is 1.64. The van der Waals surface area contributed by atoms with E-state index in [1.54, 1.807) is 17.6 Å². The highest BCUT2D eigenvalue weighted by Gasteiger charge is 2.11. The Hall–Kier alpha value is -2.38. The lowest BCUT2D eigenvalue weighted by atomic mass is 10.2. The van der Waals surface area contributed by atoms with Crippen molar-refractivity contribution in [2.45, 2.75) is 19.6 Å². The fourth-order valence-electron chi connectivity index (χ4n) is 2.28. The van der Waals surface area contributed by atoms with Crippen LogP contribution in [-0.2, 0) is 19.6 Å². The molecule has 0 spiro atoms. The summed E-state index contributed by atoms with van der Waals surface area (Å²) in [6, 6.07) is 7.21. The first-order chi connectivity index (χ1) is 10.7. The fraction of sp³-hybridized carbons (Fsp3) is 0.200. The monoisotopic (exact) mass is 317 g/mol. The van der Waals surface area contributed by atoms with Gasteiger partial charge in [-0.3, -0.25) is 14.7 Å². The Morgan fingerprint density at radius 1 is 1.14 bits per heavy atom. The Balaban J connectivity index is 1.80. The first-order valence-electron chi connectivity index (χ1n) is 6.77. The van der Waals surface area contributed by atoms with Gasteiger partial charge in [0, 0.05) is 24.8 Å². The highest BCUT2D eigenvalue weighted by atomic mass is 32.1. The second-order valence-corrected chi connectivity index (χ2v) is 5.75. The van der Waals surface area contributed by atoms with Crippen molar-refractivity contribution in [1.29, 1.82) is 0 Å². The standard InChI is InChI=1S/C15H15N3O3S/c19-14-6-12(16-15(20)17-14)8-18(7-11-3-5-22-10-11)9-13-2-1-4-21-13/h1-6,10H,7-9H2,(H2,16,17,19,20). The van der Waals surface area contributed by atoms with Gasteiger partial charge in [-0.05, 0) is 34.5 Å². The molecule has 0 aromatic carbocycles. The number of aromatic nitrogens is 2. The van der Waals surface area contributed by atoms with Crippen LogP contribution in [0.25, 0.3) is 0 Å². The third-order valence-electron chi connectivity index (χ3n) is 3.16. The molecule has 114 valence electrons. The van der Waals surface area contributed by atoms with Gasteiger partial charge in [0.2, 0.25) is 0 Å². The molecule has 3 heterocycles. The molecule has 0 amide bonds. The molecule has 0 aliphatic heterocycles. The van der Waals surface area contributed by atoms with Crippen molar-refractivity contribution < 1.29 is 4.42 Å². The summed E-state index contributed by atoms with van der Waals surface area (Å²) in [4.78, 5) is 29.7. The average Bonchev–Trinajstić information content (AvgIpc) is 3.11. The molecule has 0 radical (unpaired) electrons. The molecule has 0 fully saturated rings. The van der Waals surface area contributed by atoms with E-state index in [1.807, 2.05) is 17.5 Å². The molecule has 3 aromatic heterocycles. The van der Waals surface area contributed by atoms with Gasteiger partial charge < -0.3 is 9.40 Å². The minimum Gasteiger partial charge on any atom is -0.468 e. The van der Waals surface area contributed by atoms with Crippen molar-refractivity contribution in [3.63, 3.8) is 0 Å². The fourth-order valence-corrected chi connectivity index (χ4v) is 2.94. The van der Waals surface area contributed by atoms with Crippen LogP contribution in [0.4, 0.5) is 0 Å². The summed E-state index contributed by atoms with van der Waals surface area (Å²) in [7, 11) is 0. The number of hydrogen-bond acceptors (Lipinski definition) is 5. The summed E-state index contributed by atoms with van der Waals surface area (Å²) in [5, 5.41) is 4.10. The molecule has 0 unspecified atom stereocenters. The zero-order chi connectivity index (χ0) is 15.4. The van der Waals surface area contributed by atoms with E-state index in [1.165, 1.54) is 11.6 Å². The molecule has 3 rings (SSSR count). The molecule has 7 heteroatoms. The van der Waals surface area contributed by atoms with Gasteiger partial charge in [0.1, 0.15) is 5.76 Å². The lowest BCUT2D eigenvalue weighted by Gasteiger charge is -2.20. The molecule has 0 aliphatic rings. The summed E-state index contributed by atoms with van der Waals surface area (Å²) in [6.45, 7) is 1.76.